The highest BCUT2D eigenvalue weighted by Crippen LogP contribution is 2.86. The van der Waals surface area contributed by atoms with Crippen LogP contribution in [-0.2, 0) is 14.3 Å². The van der Waals surface area contributed by atoms with Crippen molar-refractivity contribution < 1.29 is 19.4 Å². The van der Waals surface area contributed by atoms with Crippen LogP contribution in [0.3, 0.4) is 0 Å². The third-order valence-electron chi connectivity index (χ3n) is 5.47. The number of hydrogen-bond donors (Lipinski definition) is 1. The molecule has 1 atom stereocenters. The third-order valence-corrected chi connectivity index (χ3v) is 5.47. The molecular weight excluding hydrogens is 244 g/mol. The molecule has 0 radical (unpaired) electrons. The molecule has 19 heavy (non-hydrogen) atoms. The number of carbonyl (C=O) groups is 2. The van der Waals surface area contributed by atoms with Crippen LogP contribution in [-0.4, -0.2) is 22.6 Å². The van der Waals surface area contributed by atoms with Crippen LogP contribution in [0.2, 0.25) is 0 Å². The fraction of sp³-hybridized carbons (Fsp3) is 0.867. The van der Waals surface area contributed by atoms with Crippen LogP contribution in [0.1, 0.15) is 52.9 Å². The Kier molecular flexibility index (Phi) is 2.40. The first-order chi connectivity index (χ1) is 8.72. The van der Waals surface area contributed by atoms with E-state index in [1.807, 2.05) is 20.8 Å². The maximum absolute atomic E-state index is 12.3. The second kappa shape index (κ2) is 3.53. The summed E-state index contributed by atoms with van der Waals surface area (Å²) in [5, 5.41) is 9.05. The summed E-state index contributed by atoms with van der Waals surface area (Å²) in [6.07, 6.45) is 4.66. The largest absolute Gasteiger partial charge is 0.481 e. The van der Waals surface area contributed by atoms with Gasteiger partial charge in [0.05, 0.1) is 11.8 Å². The molecule has 3 fully saturated rings. The number of aliphatic carboxylic acids is 1. The standard InChI is InChI=1S/C15H22O4/c1-13(2,3)19-12(18)10-14(5-4-6-14)15(10)7-9(8-15)11(16)17/h9-10H,4-8H2,1-3H3,(H,16,17). The van der Waals surface area contributed by atoms with Crippen molar-refractivity contribution in [3.05, 3.63) is 0 Å². The van der Waals surface area contributed by atoms with Crippen molar-refractivity contribution in [2.75, 3.05) is 0 Å². The maximum atomic E-state index is 12.3. The van der Waals surface area contributed by atoms with Gasteiger partial charge in [-0.3, -0.25) is 9.59 Å². The van der Waals surface area contributed by atoms with Crippen LogP contribution in [0.25, 0.3) is 0 Å². The minimum absolute atomic E-state index is 0.0311. The van der Waals surface area contributed by atoms with Gasteiger partial charge in [-0.2, -0.15) is 0 Å². The molecule has 3 aliphatic carbocycles. The number of hydrogen-bond acceptors (Lipinski definition) is 3. The predicted octanol–water partition coefficient (Wildman–Crippen LogP) is 2.61. The minimum atomic E-state index is -0.713. The molecule has 3 aliphatic rings. The zero-order valence-electron chi connectivity index (χ0n) is 11.9. The lowest BCUT2D eigenvalue weighted by Gasteiger charge is -2.41. The summed E-state index contributed by atoms with van der Waals surface area (Å²) in [5.41, 5.74) is -0.389. The SMILES string of the molecule is CC(C)(C)OC(=O)C1C2(CCC2)C12CC(C(=O)O)C2. The Bertz CT molecular complexity index is 436. The highest BCUT2D eigenvalue weighted by molar-refractivity contribution is 5.82. The maximum Gasteiger partial charge on any atom is 0.310 e. The van der Waals surface area contributed by atoms with Crippen molar-refractivity contribution in [3.8, 4) is 0 Å². The van der Waals surface area contributed by atoms with Crippen molar-refractivity contribution in [2.24, 2.45) is 22.7 Å². The van der Waals surface area contributed by atoms with Crippen LogP contribution < -0.4 is 0 Å². The van der Waals surface area contributed by atoms with Gasteiger partial charge < -0.3 is 9.84 Å². The second-order valence-corrected chi connectivity index (χ2v) is 7.58. The first-order valence-electron chi connectivity index (χ1n) is 7.18. The molecule has 4 heteroatoms. The van der Waals surface area contributed by atoms with E-state index in [2.05, 4.69) is 0 Å². The van der Waals surface area contributed by atoms with Gasteiger partial charge in [-0.15, -0.1) is 0 Å². The highest BCUT2D eigenvalue weighted by Gasteiger charge is 2.84. The molecule has 0 saturated heterocycles. The molecule has 0 aromatic heterocycles. The Morgan fingerprint density at radius 1 is 1.16 bits per heavy atom. The normalized spacial score (nSPS) is 38.5. The number of esters is 1. The molecule has 4 nitrogen and oxygen atoms in total. The monoisotopic (exact) mass is 266 g/mol. The highest BCUT2D eigenvalue weighted by atomic mass is 16.6. The number of carboxylic acids is 1. The fourth-order valence-corrected chi connectivity index (χ4v) is 4.53. The van der Waals surface area contributed by atoms with Crippen molar-refractivity contribution >= 4 is 11.9 Å². The van der Waals surface area contributed by atoms with E-state index in [-0.39, 0.29) is 28.6 Å². The summed E-state index contributed by atoms with van der Waals surface area (Å²) in [7, 11) is 0. The second-order valence-electron chi connectivity index (χ2n) is 7.58. The first kappa shape index (κ1) is 12.9. The summed E-state index contributed by atoms with van der Waals surface area (Å²) in [6, 6.07) is 0. The van der Waals surface area contributed by atoms with E-state index in [9.17, 15) is 9.59 Å². The lowest BCUT2D eigenvalue weighted by molar-refractivity contribution is -0.160. The van der Waals surface area contributed by atoms with Crippen LogP contribution >= 0.6 is 0 Å². The minimum Gasteiger partial charge on any atom is -0.481 e. The molecule has 3 rings (SSSR count). The molecule has 3 saturated carbocycles. The van der Waals surface area contributed by atoms with E-state index in [1.165, 1.54) is 6.42 Å². The fourth-order valence-electron chi connectivity index (χ4n) is 4.53. The van der Waals surface area contributed by atoms with Gasteiger partial charge in [0.15, 0.2) is 0 Å². The number of rotatable bonds is 2. The van der Waals surface area contributed by atoms with Gasteiger partial charge in [-0.1, -0.05) is 6.42 Å². The molecule has 1 N–H and O–H groups in total. The molecule has 2 spiro atoms. The van der Waals surface area contributed by atoms with Crippen molar-refractivity contribution in [1.29, 1.82) is 0 Å². The van der Waals surface area contributed by atoms with E-state index in [0.717, 1.165) is 12.8 Å². The van der Waals surface area contributed by atoms with Gasteiger partial charge in [0.2, 0.25) is 0 Å². The van der Waals surface area contributed by atoms with Crippen LogP contribution in [0.4, 0.5) is 0 Å². The topological polar surface area (TPSA) is 63.6 Å². The lowest BCUT2D eigenvalue weighted by atomic mass is 9.62. The lowest BCUT2D eigenvalue weighted by Crippen LogP contribution is -2.38. The van der Waals surface area contributed by atoms with Crippen LogP contribution in [0.5, 0.6) is 0 Å². The summed E-state index contributed by atoms with van der Waals surface area (Å²) >= 11 is 0. The summed E-state index contributed by atoms with van der Waals surface area (Å²) in [5.74, 6) is -1.10. The quantitative estimate of drug-likeness (QED) is 0.780. The van der Waals surface area contributed by atoms with Gasteiger partial charge in [-0.05, 0) is 57.3 Å². The van der Waals surface area contributed by atoms with E-state index >= 15 is 0 Å². The Morgan fingerprint density at radius 2 is 1.74 bits per heavy atom. The molecule has 0 aromatic rings. The van der Waals surface area contributed by atoms with Gasteiger partial charge in [0.1, 0.15) is 5.60 Å². The van der Waals surface area contributed by atoms with Gasteiger partial charge in [-0.25, -0.2) is 0 Å². The van der Waals surface area contributed by atoms with Gasteiger partial charge in [0.25, 0.3) is 0 Å². The molecule has 0 aliphatic heterocycles. The number of carbonyl (C=O) groups excluding carboxylic acids is 1. The summed E-state index contributed by atoms with van der Waals surface area (Å²) < 4.78 is 5.53. The number of carboxylic acid groups (broad SMARTS) is 1. The molecular formula is C15H22O4. The van der Waals surface area contributed by atoms with Crippen LogP contribution in [0, 0.1) is 22.7 Å². The van der Waals surface area contributed by atoms with Crippen molar-refractivity contribution in [3.63, 3.8) is 0 Å². The van der Waals surface area contributed by atoms with E-state index in [1.54, 1.807) is 0 Å². The Morgan fingerprint density at radius 3 is 2.11 bits per heavy atom. The van der Waals surface area contributed by atoms with Crippen molar-refractivity contribution in [1.82, 2.24) is 0 Å². The Hall–Kier alpha value is -1.06. The smallest absolute Gasteiger partial charge is 0.310 e. The molecule has 1 unspecified atom stereocenters. The van der Waals surface area contributed by atoms with E-state index in [4.69, 9.17) is 9.84 Å². The van der Waals surface area contributed by atoms with E-state index in [0.29, 0.717) is 12.8 Å². The molecule has 0 amide bonds. The summed E-state index contributed by atoms with van der Waals surface area (Å²) in [4.78, 5) is 23.3. The molecule has 0 heterocycles. The molecule has 106 valence electrons. The van der Waals surface area contributed by atoms with Crippen molar-refractivity contribution in [2.45, 2.75) is 58.5 Å². The average molecular weight is 266 g/mol. The van der Waals surface area contributed by atoms with Gasteiger partial charge >= 0.3 is 11.9 Å². The number of fused-ring (bicyclic) bond motifs is 1. The average Bonchev–Trinajstić information content (AvgIpc) is 2.75. The Labute approximate surface area is 113 Å². The van der Waals surface area contributed by atoms with Gasteiger partial charge in [0, 0.05) is 0 Å². The zero-order valence-corrected chi connectivity index (χ0v) is 11.9. The predicted molar refractivity (Wildman–Crippen MR) is 68.4 cm³/mol. The molecule has 0 aromatic carbocycles. The van der Waals surface area contributed by atoms with E-state index < -0.39 is 11.6 Å². The number of ether oxygens (including phenoxy) is 1. The summed E-state index contributed by atoms with van der Waals surface area (Å²) in [6.45, 7) is 5.65. The Balaban J connectivity index is 1.73. The first-order valence-corrected chi connectivity index (χ1v) is 7.18. The zero-order chi connectivity index (χ0) is 14.1. The van der Waals surface area contributed by atoms with Crippen LogP contribution in [0.15, 0.2) is 0 Å². The third kappa shape index (κ3) is 1.58. The molecule has 0 bridgehead atoms.